The van der Waals surface area contributed by atoms with E-state index in [1.54, 1.807) is 4.90 Å². The fourth-order valence-electron chi connectivity index (χ4n) is 3.48. The van der Waals surface area contributed by atoms with E-state index in [0.29, 0.717) is 44.1 Å². The summed E-state index contributed by atoms with van der Waals surface area (Å²) in [5, 5.41) is 12.3. The lowest BCUT2D eigenvalue weighted by atomic mass is 9.95. The van der Waals surface area contributed by atoms with Crippen LogP contribution in [-0.4, -0.2) is 48.3 Å². The maximum atomic E-state index is 12.8. The molecular weight excluding hydrogens is 360 g/mol. The molecule has 0 bridgehead atoms. The van der Waals surface area contributed by atoms with Crippen LogP contribution in [0.4, 0.5) is 4.79 Å². The summed E-state index contributed by atoms with van der Waals surface area (Å²) in [7, 11) is 0. The number of likely N-dealkylation sites (tertiary alicyclic amines) is 1. The van der Waals surface area contributed by atoms with E-state index >= 15 is 0 Å². The van der Waals surface area contributed by atoms with Crippen molar-refractivity contribution in [2.45, 2.75) is 46.6 Å². The van der Waals surface area contributed by atoms with Gasteiger partial charge in [-0.05, 0) is 50.3 Å². The number of carboxylic acid groups (broad SMARTS) is 1. The van der Waals surface area contributed by atoms with Crippen LogP contribution in [0.5, 0.6) is 11.5 Å². The van der Waals surface area contributed by atoms with Gasteiger partial charge in [-0.1, -0.05) is 19.9 Å². The van der Waals surface area contributed by atoms with Crippen LogP contribution in [0.1, 0.15) is 52.1 Å². The maximum absolute atomic E-state index is 12.8. The van der Waals surface area contributed by atoms with Gasteiger partial charge in [0.15, 0.2) is 11.5 Å². The Labute approximate surface area is 167 Å². The second kappa shape index (κ2) is 10.2. The quantitative estimate of drug-likeness (QED) is 0.704. The number of nitrogens with one attached hydrogen (secondary N) is 1. The first kappa shape index (κ1) is 21.9. The minimum absolute atomic E-state index is 0.149. The summed E-state index contributed by atoms with van der Waals surface area (Å²) in [6.07, 6.45) is 1.32. The molecule has 2 rings (SSSR count). The SMILES string of the molecule is CCOc1ccc(C(NC(=O)N2CCCC(C(=O)O)C2)C(C)C)cc1OCC. The number of ether oxygens (including phenoxy) is 2. The molecule has 7 nitrogen and oxygen atoms in total. The second-order valence-corrected chi connectivity index (χ2v) is 7.37. The molecule has 0 spiro atoms. The van der Waals surface area contributed by atoms with Gasteiger partial charge in [0.05, 0.1) is 25.2 Å². The topological polar surface area (TPSA) is 88.1 Å². The van der Waals surface area contributed by atoms with E-state index in [1.165, 1.54) is 0 Å². The van der Waals surface area contributed by atoms with Crippen molar-refractivity contribution in [2.24, 2.45) is 11.8 Å². The predicted octanol–water partition coefficient (Wildman–Crippen LogP) is 3.69. The first-order valence-electron chi connectivity index (χ1n) is 10.0. The molecule has 2 N–H and O–H groups in total. The number of hydrogen-bond acceptors (Lipinski definition) is 4. The van der Waals surface area contributed by atoms with Crippen molar-refractivity contribution in [1.29, 1.82) is 0 Å². The Bertz CT molecular complexity index is 677. The summed E-state index contributed by atoms with van der Waals surface area (Å²) in [5.74, 6) is 0.155. The second-order valence-electron chi connectivity index (χ2n) is 7.37. The molecule has 1 aliphatic rings. The smallest absolute Gasteiger partial charge is 0.317 e. The van der Waals surface area contributed by atoms with Gasteiger partial charge in [0.25, 0.3) is 0 Å². The number of benzene rings is 1. The molecule has 0 radical (unpaired) electrons. The van der Waals surface area contributed by atoms with Crippen LogP contribution in [0.3, 0.4) is 0 Å². The molecule has 0 aromatic heterocycles. The van der Waals surface area contributed by atoms with Crippen LogP contribution in [-0.2, 0) is 4.79 Å². The van der Waals surface area contributed by atoms with E-state index in [2.05, 4.69) is 5.32 Å². The van der Waals surface area contributed by atoms with Gasteiger partial charge in [0.1, 0.15) is 0 Å². The predicted molar refractivity (Wildman–Crippen MR) is 107 cm³/mol. The van der Waals surface area contributed by atoms with Crippen LogP contribution in [0.15, 0.2) is 18.2 Å². The molecule has 156 valence electrons. The number of carbonyl (C=O) groups is 2. The van der Waals surface area contributed by atoms with Gasteiger partial charge in [-0.25, -0.2) is 4.79 Å². The summed E-state index contributed by atoms with van der Waals surface area (Å²) in [6.45, 7) is 9.81. The van der Waals surface area contributed by atoms with Gasteiger partial charge in [-0.15, -0.1) is 0 Å². The molecule has 28 heavy (non-hydrogen) atoms. The summed E-state index contributed by atoms with van der Waals surface area (Å²) < 4.78 is 11.3. The van der Waals surface area contributed by atoms with E-state index in [-0.39, 0.29) is 24.5 Å². The third kappa shape index (κ3) is 5.53. The first-order chi connectivity index (χ1) is 13.4. The summed E-state index contributed by atoms with van der Waals surface area (Å²) in [6, 6.07) is 5.28. The highest BCUT2D eigenvalue weighted by atomic mass is 16.5. The molecule has 2 unspecified atom stereocenters. The van der Waals surface area contributed by atoms with E-state index in [4.69, 9.17) is 9.47 Å². The molecule has 0 saturated carbocycles. The Morgan fingerprint density at radius 1 is 1.21 bits per heavy atom. The number of carbonyl (C=O) groups excluding carboxylic acids is 1. The van der Waals surface area contributed by atoms with Crippen molar-refractivity contribution in [1.82, 2.24) is 10.2 Å². The zero-order valence-corrected chi connectivity index (χ0v) is 17.2. The monoisotopic (exact) mass is 392 g/mol. The molecule has 0 aliphatic carbocycles. The third-order valence-electron chi connectivity index (χ3n) is 4.93. The number of aliphatic carboxylic acids is 1. The third-order valence-corrected chi connectivity index (χ3v) is 4.93. The highest BCUT2D eigenvalue weighted by molar-refractivity contribution is 5.77. The minimum Gasteiger partial charge on any atom is -0.490 e. The number of carboxylic acids is 1. The molecule has 2 atom stereocenters. The Kier molecular flexibility index (Phi) is 7.96. The zero-order chi connectivity index (χ0) is 20.7. The molecule has 1 heterocycles. The summed E-state index contributed by atoms with van der Waals surface area (Å²) in [4.78, 5) is 25.7. The lowest BCUT2D eigenvalue weighted by Crippen LogP contribution is -2.48. The number of piperidine rings is 1. The van der Waals surface area contributed by atoms with Gasteiger partial charge in [-0.2, -0.15) is 0 Å². The van der Waals surface area contributed by atoms with Gasteiger partial charge in [0.2, 0.25) is 0 Å². The maximum Gasteiger partial charge on any atom is 0.317 e. The Hall–Kier alpha value is -2.44. The molecule has 1 aliphatic heterocycles. The molecule has 1 aromatic rings. The normalized spacial score (nSPS) is 17.9. The van der Waals surface area contributed by atoms with Crippen molar-refractivity contribution < 1.29 is 24.2 Å². The van der Waals surface area contributed by atoms with Crippen molar-refractivity contribution in [3.05, 3.63) is 23.8 Å². The molecule has 1 fully saturated rings. The van der Waals surface area contributed by atoms with Gasteiger partial charge < -0.3 is 24.8 Å². The molecule has 2 amide bonds. The highest BCUT2D eigenvalue weighted by Gasteiger charge is 2.30. The average molecular weight is 392 g/mol. The number of rotatable bonds is 8. The first-order valence-corrected chi connectivity index (χ1v) is 10.0. The number of hydrogen-bond donors (Lipinski definition) is 2. The average Bonchev–Trinajstić information content (AvgIpc) is 2.67. The van der Waals surface area contributed by atoms with Crippen LogP contribution in [0.2, 0.25) is 0 Å². The van der Waals surface area contributed by atoms with Crippen LogP contribution < -0.4 is 14.8 Å². The van der Waals surface area contributed by atoms with Crippen molar-refractivity contribution >= 4 is 12.0 Å². The van der Waals surface area contributed by atoms with Crippen LogP contribution >= 0.6 is 0 Å². The Morgan fingerprint density at radius 3 is 2.50 bits per heavy atom. The largest absolute Gasteiger partial charge is 0.490 e. The highest BCUT2D eigenvalue weighted by Crippen LogP contribution is 2.33. The van der Waals surface area contributed by atoms with Crippen molar-refractivity contribution in [2.75, 3.05) is 26.3 Å². The number of urea groups is 1. The van der Waals surface area contributed by atoms with Gasteiger partial charge >= 0.3 is 12.0 Å². The lowest BCUT2D eigenvalue weighted by Gasteiger charge is -2.33. The molecule has 7 heteroatoms. The van der Waals surface area contributed by atoms with E-state index in [1.807, 2.05) is 45.9 Å². The van der Waals surface area contributed by atoms with Crippen LogP contribution in [0, 0.1) is 11.8 Å². The van der Waals surface area contributed by atoms with Gasteiger partial charge in [0, 0.05) is 13.1 Å². The van der Waals surface area contributed by atoms with E-state index in [0.717, 1.165) is 5.56 Å². The minimum atomic E-state index is -0.842. The van der Waals surface area contributed by atoms with E-state index < -0.39 is 11.9 Å². The van der Waals surface area contributed by atoms with Crippen molar-refractivity contribution in [3.63, 3.8) is 0 Å². The summed E-state index contributed by atoms with van der Waals surface area (Å²) in [5.41, 5.74) is 0.932. The molecule has 1 aromatic carbocycles. The van der Waals surface area contributed by atoms with Gasteiger partial charge in [-0.3, -0.25) is 4.79 Å². The molecule has 1 saturated heterocycles. The lowest BCUT2D eigenvalue weighted by molar-refractivity contribution is -0.143. The van der Waals surface area contributed by atoms with E-state index in [9.17, 15) is 14.7 Å². The standard InChI is InChI=1S/C21H32N2O5/c1-5-27-17-10-9-15(12-18(17)28-6-2)19(14(3)4)22-21(26)23-11-7-8-16(13-23)20(24)25/h9-10,12,14,16,19H,5-8,11,13H2,1-4H3,(H,22,26)(H,24,25). The molecular formula is C21H32N2O5. The fraction of sp³-hybridized carbons (Fsp3) is 0.619. The van der Waals surface area contributed by atoms with Crippen molar-refractivity contribution in [3.8, 4) is 11.5 Å². The Balaban J connectivity index is 2.17. The Morgan fingerprint density at radius 2 is 1.89 bits per heavy atom. The number of nitrogens with zero attached hydrogens (tertiary/aromatic N) is 1. The zero-order valence-electron chi connectivity index (χ0n) is 17.2. The number of amides is 2. The fourth-order valence-corrected chi connectivity index (χ4v) is 3.48. The van der Waals surface area contributed by atoms with Crippen LogP contribution in [0.25, 0.3) is 0 Å². The summed E-state index contributed by atoms with van der Waals surface area (Å²) >= 11 is 0.